The van der Waals surface area contributed by atoms with Gasteiger partial charge in [-0.15, -0.1) is 0 Å². The lowest BCUT2D eigenvalue weighted by Crippen LogP contribution is -2.07. The fraction of sp³-hybridized carbons (Fsp3) is 0.214. The summed E-state index contributed by atoms with van der Waals surface area (Å²) in [7, 11) is 1.40. The lowest BCUT2D eigenvalue weighted by atomic mass is 10.0. The second kappa shape index (κ2) is 4.64. The molecular formula is C14H13FO3. The largest absolute Gasteiger partial charge is 0.496 e. The van der Waals surface area contributed by atoms with E-state index in [1.165, 1.54) is 19.2 Å². The van der Waals surface area contributed by atoms with E-state index >= 15 is 0 Å². The third-order valence-electron chi connectivity index (χ3n) is 2.71. The van der Waals surface area contributed by atoms with E-state index in [0.29, 0.717) is 17.1 Å². The number of furan rings is 1. The van der Waals surface area contributed by atoms with E-state index in [1.54, 1.807) is 26.0 Å². The van der Waals surface area contributed by atoms with Crippen LogP contribution in [0, 0.1) is 19.7 Å². The average Bonchev–Trinajstić information content (AvgIpc) is 2.67. The SMILES string of the molecule is COc1cccc(F)c1C(=O)c1cc(C)oc1C. The summed E-state index contributed by atoms with van der Waals surface area (Å²) >= 11 is 0. The molecule has 0 atom stereocenters. The molecule has 18 heavy (non-hydrogen) atoms. The lowest BCUT2D eigenvalue weighted by Gasteiger charge is -2.07. The molecule has 0 bridgehead atoms. The summed E-state index contributed by atoms with van der Waals surface area (Å²) in [5.41, 5.74) is 0.291. The van der Waals surface area contributed by atoms with Gasteiger partial charge in [0.1, 0.15) is 28.7 Å². The number of hydrogen-bond donors (Lipinski definition) is 0. The Bertz CT molecular complexity index is 599. The van der Waals surface area contributed by atoms with Crippen LogP contribution >= 0.6 is 0 Å². The highest BCUT2D eigenvalue weighted by Gasteiger charge is 2.22. The Hall–Kier alpha value is -2.10. The van der Waals surface area contributed by atoms with Crippen molar-refractivity contribution in [1.82, 2.24) is 0 Å². The van der Waals surface area contributed by atoms with Crippen LogP contribution < -0.4 is 4.74 Å². The number of halogens is 1. The number of benzene rings is 1. The van der Waals surface area contributed by atoms with Crippen LogP contribution in [0.4, 0.5) is 4.39 Å². The zero-order valence-electron chi connectivity index (χ0n) is 10.4. The van der Waals surface area contributed by atoms with E-state index in [-0.39, 0.29) is 11.3 Å². The molecule has 4 heteroatoms. The number of rotatable bonds is 3. The van der Waals surface area contributed by atoms with Gasteiger partial charge in [0.25, 0.3) is 0 Å². The summed E-state index contributed by atoms with van der Waals surface area (Å²) in [5.74, 6) is 0.282. The van der Waals surface area contributed by atoms with Crippen LogP contribution in [0.2, 0.25) is 0 Å². The molecule has 0 unspecified atom stereocenters. The maximum absolute atomic E-state index is 13.8. The topological polar surface area (TPSA) is 39.4 Å². The maximum Gasteiger partial charge on any atom is 0.203 e. The quantitative estimate of drug-likeness (QED) is 0.782. The van der Waals surface area contributed by atoms with Crippen molar-refractivity contribution in [3.8, 4) is 5.75 Å². The molecule has 1 aromatic heterocycles. The Kier molecular flexibility index (Phi) is 3.19. The third-order valence-corrected chi connectivity index (χ3v) is 2.71. The van der Waals surface area contributed by atoms with Gasteiger partial charge in [-0.3, -0.25) is 4.79 Å². The zero-order valence-corrected chi connectivity index (χ0v) is 10.4. The minimum Gasteiger partial charge on any atom is -0.496 e. The van der Waals surface area contributed by atoms with E-state index in [9.17, 15) is 9.18 Å². The summed E-state index contributed by atoms with van der Waals surface area (Å²) in [6, 6.07) is 5.89. The van der Waals surface area contributed by atoms with Crippen LogP contribution in [0.3, 0.4) is 0 Å². The molecule has 1 aromatic carbocycles. The normalized spacial score (nSPS) is 10.4. The van der Waals surface area contributed by atoms with Crippen LogP contribution in [0.1, 0.15) is 27.4 Å². The van der Waals surface area contributed by atoms with Gasteiger partial charge in [-0.2, -0.15) is 0 Å². The molecule has 2 aromatic rings. The number of ketones is 1. The molecule has 0 aliphatic rings. The first-order chi connectivity index (χ1) is 8.54. The van der Waals surface area contributed by atoms with Gasteiger partial charge in [-0.05, 0) is 32.0 Å². The molecule has 0 spiro atoms. The Labute approximate surface area is 104 Å². The van der Waals surface area contributed by atoms with Crippen LogP contribution in [-0.4, -0.2) is 12.9 Å². The number of carbonyl (C=O) groups is 1. The van der Waals surface area contributed by atoms with Crippen LogP contribution in [0.5, 0.6) is 5.75 Å². The number of aryl methyl sites for hydroxylation is 2. The van der Waals surface area contributed by atoms with Crippen molar-refractivity contribution in [2.24, 2.45) is 0 Å². The summed E-state index contributed by atoms with van der Waals surface area (Å²) in [6.45, 7) is 3.41. The molecule has 0 radical (unpaired) electrons. The van der Waals surface area contributed by atoms with Crippen molar-refractivity contribution in [3.05, 3.63) is 52.7 Å². The highest BCUT2D eigenvalue weighted by Crippen LogP contribution is 2.26. The predicted octanol–water partition coefficient (Wildman–Crippen LogP) is 3.28. The minimum absolute atomic E-state index is 0.0658. The Morgan fingerprint density at radius 2 is 2.06 bits per heavy atom. The lowest BCUT2D eigenvalue weighted by molar-refractivity contribution is 0.103. The van der Waals surface area contributed by atoms with Gasteiger partial charge in [0, 0.05) is 0 Å². The molecular weight excluding hydrogens is 235 g/mol. The van der Waals surface area contributed by atoms with Crippen LogP contribution in [0.15, 0.2) is 28.7 Å². The highest BCUT2D eigenvalue weighted by atomic mass is 19.1. The average molecular weight is 248 g/mol. The summed E-state index contributed by atoms with van der Waals surface area (Å²) in [6.07, 6.45) is 0. The molecule has 0 saturated carbocycles. The summed E-state index contributed by atoms with van der Waals surface area (Å²) < 4.78 is 24.1. The number of methoxy groups -OCH3 is 1. The molecule has 0 saturated heterocycles. The van der Waals surface area contributed by atoms with Gasteiger partial charge in [0.2, 0.25) is 5.78 Å². The second-order valence-corrected chi connectivity index (χ2v) is 3.97. The Balaban J connectivity index is 2.56. The molecule has 94 valence electrons. The molecule has 1 heterocycles. The van der Waals surface area contributed by atoms with Gasteiger partial charge < -0.3 is 9.15 Å². The first-order valence-corrected chi connectivity index (χ1v) is 5.49. The molecule has 0 amide bonds. The third kappa shape index (κ3) is 2.01. The van der Waals surface area contributed by atoms with Crippen LogP contribution in [0.25, 0.3) is 0 Å². The summed E-state index contributed by atoms with van der Waals surface area (Å²) in [4.78, 5) is 12.3. The first-order valence-electron chi connectivity index (χ1n) is 5.49. The fourth-order valence-corrected chi connectivity index (χ4v) is 1.89. The monoisotopic (exact) mass is 248 g/mol. The standard InChI is InChI=1S/C14H13FO3/c1-8-7-10(9(2)18-8)14(16)13-11(15)5-4-6-12(13)17-3/h4-7H,1-3H3. The van der Waals surface area contributed by atoms with Crippen LogP contribution in [-0.2, 0) is 0 Å². The van der Waals surface area contributed by atoms with Crippen molar-refractivity contribution in [1.29, 1.82) is 0 Å². The van der Waals surface area contributed by atoms with Crippen molar-refractivity contribution in [2.45, 2.75) is 13.8 Å². The van der Waals surface area contributed by atoms with Gasteiger partial charge in [-0.25, -0.2) is 4.39 Å². The number of carbonyl (C=O) groups excluding carboxylic acids is 1. The molecule has 0 aliphatic carbocycles. The van der Waals surface area contributed by atoms with Crippen molar-refractivity contribution in [3.63, 3.8) is 0 Å². The van der Waals surface area contributed by atoms with E-state index < -0.39 is 11.6 Å². The molecule has 0 N–H and O–H groups in total. The Morgan fingerprint density at radius 3 is 2.61 bits per heavy atom. The van der Waals surface area contributed by atoms with Crippen molar-refractivity contribution >= 4 is 5.78 Å². The number of ether oxygens (including phenoxy) is 1. The zero-order chi connectivity index (χ0) is 13.3. The highest BCUT2D eigenvalue weighted by molar-refractivity contribution is 6.11. The van der Waals surface area contributed by atoms with E-state index in [1.807, 2.05) is 0 Å². The van der Waals surface area contributed by atoms with Crippen molar-refractivity contribution < 1.29 is 18.3 Å². The van der Waals surface area contributed by atoms with Gasteiger partial charge in [-0.1, -0.05) is 6.07 Å². The fourth-order valence-electron chi connectivity index (χ4n) is 1.89. The van der Waals surface area contributed by atoms with E-state index in [4.69, 9.17) is 9.15 Å². The molecule has 0 aliphatic heterocycles. The molecule has 3 nitrogen and oxygen atoms in total. The van der Waals surface area contributed by atoms with Gasteiger partial charge in [0.05, 0.1) is 12.7 Å². The smallest absolute Gasteiger partial charge is 0.203 e. The number of hydrogen-bond acceptors (Lipinski definition) is 3. The van der Waals surface area contributed by atoms with E-state index in [2.05, 4.69) is 0 Å². The van der Waals surface area contributed by atoms with Gasteiger partial charge in [0.15, 0.2) is 0 Å². The van der Waals surface area contributed by atoms with Gasteiger partial charge >= 0.3 is 0 Å². The second-order valence-electron chi connectivity index (χ2n) is 3.97. The van der Waals surface area contributed by atoms with Crippen molar-refractivity contribution in [2.75, 3.05) is 7.11 Å². The summed E-state index contributed by atoms with van der Waals surface area (Å²) in [5, 5.41) is 0. The first kappa shape index (κ1) is 12.4. The minimum atomic E-state index is -0.599. The molecule has 2 rings (SSSR count). The van der Waals surface area contributed by atoms with E-state index in [0.717, 1.165) is 0 Å². The Morgan fingerprint density at radius 1 is 1.33 bits per heavy atom. The molecule has 0 fully saturated rings. The maximum atomic E-state index is 13.8. The predicted molar refractivity (Wildman–Crippen MR) is 64.6 cm³/mol.